The van der Waals surface area contributed by atoms with E-state index in [0.29, 0.717) is 5.75 Å². The van der Waals surface area contributed by atoms with Crippen molar-refractivity contribution in [1.82, 2.24) is 5.48 Å². The molecule has 0 aliphatic heterocycles. The maximum Gasteiger partial charge on any atom is 0.235 e. The van der Waals surface area contributed by atoms with Gasteiger partial charge in [0.2, 0.25) is 5.72 Å². The first-order valence-electron chi connectivity index (χ1n) is 4.33. The number of nitrogens with one attached hydrogen (secondary N) is 1. The second-order valence-corrected chi connectivity index (χ2v) is 2.84. The van der Waals surface area contributed by atoms with Crippen LogP contribution in [0.5, 0.6) is 5.75 Å². The SMILES string of the molecule is CCC(O)(C#N)NOc1ccccc1. The second kappa shape index (κ2) is 4.61. The predicted molar refractivity (Wildman–Crippen MR) is 51.1 cm³/mol. The molecule has 1 aromatic carbocycles. The van der Waals surface area contributed by atoms with Crippen molar-refractivity contribution in [3.8, 4) is 11.8 Å². The molecule has 14 heavy (non-hydrogen) atoms. The van der Waals surface area contributed by atoms with Crippen molar-refractivity contribution in [2.24, 2.45) is 0 Å². The fourth-order valence-electron chi connectivity index (χ4n) is 0.806. The Morgan fingerprint density at radius 2 is 2.14 bits per heavy atom. The molecule has 4 heteroatoms. The Balaban J connectivity index is 2.53. The standard InChI is InChI=1S/C10H12N2O2/c1-2-10(13,8-11)12-14-9-6-4-3-5-7-9/h3-7,12-13H,2H2,1H3. The van der Waals surface area contributed by atoms with E-state index in [4.69, 9.17) is 10.1 Å². The van der Waals surface area contributed by atoms with Crippen molar-refractivity contribution in [3.63, 3.8) is 0 Å². The smallest absolute Gasteiger partial charge is 0.235 e. The van der Waals surface area contributed by atoms with Gasteiger partial charge in [0.05, 0.1) is 0 Å². The Morgan fingerprint density at radius 3 is 2.64 bits per heavy atom. The van der Waals surface area contributed by atoms with Gasteiger partial charge in [-0.2, -0.15) is 5.26 Å². The fraction of sp³-hybridized carbons (Fsp3) is 0.300. The van der Waals surface area contributed by atoms with Crippen LogP contribution in [0.3, 0.4) is 0 Å². The average Bonchev–Trinajstić information content (AvgIpc) is 2.27. The summed E-state index contributed by atoms with van der Waals surface area (Å²) >= 11 is 0. The van der Waals surface area contributed by atoms with Gasteiger partial charge in [0, 0.05) is 6.42 Å². The first kappa shape index (κ1) is 10.5. The van der Waals surface area contributed by atoms with E-state index in [1.54, 1.807) is 37.3 Å². The largest absolute Gasteiger partial charge is 0.405 e. The molecule has 1 aromatic rings. The monoisotopic (exact) mass is 192 g/mol. The van der Waals surface area contributed by atoms with Gasteiger partial charge in [-0.05, 0) is 12.1 Å². The molecule has 0 radical (unpaired) electrons. The van der Waals surface area contributed by atoms with E-state index in [9.17, 15) is 5.11 Å². The highest BCUT2D eigenvalue weighted by Crippen LogP contribution is 2.10. The van der Waals surface area contributed by atoms with Gasteiger partial charge in [0.15, 0.2) is 0 Å². The van der Waals surface area contributed by atoms with Crippen molar-refractivity contribution in [2.75, 3.05) is 0 Å². The summed E-state index contributed by atoms with van der Waals surface area (Å²) in [4.78, 5) is 5.03. The van der Waals surface area contributed by atoms with Crippen molar-refractivity contribution < 1.29 is 9.94 Å². The highest BCUT2D eigenvalue weighted by Gasteiger charge is 2.24. The zero-order valence-corrected chi connectivity index (χ0v) is 7.90. The Kier molecular flexibility index (Phi) is 3.46. The highest BCUT2D eigenvalue weighted by atomic mass is 16.7. The van der Waals surface area contributed by atoms with Crippen molar-refractivity contribution in [3.05, 3.63) is 30.3 Å². The van der Waals surface area contributed by atoms with Gasteiger partial charge in [-0.1, -0.05) is 25.1 Å². The molecule has 74 valence electrons. The third-order valence-corrected chi connectivity index (χ3v) is 1.78. The van der Waals surface area contributed by atoms with Crippen LogP contribution in [0.2, 0.25) is 0 Å². The van der Waals surface area contributed by atoms with E-state index < -0.39 is 5.72 Å². The summed E-state index contributed by atoms with van der Waals surface area (Å²) in [5, 5.41) is 18.1. The number of hydrogen-bond donors (Lipinski definition) is 2. The fourth-order valence-corrected chi connectivity index (χ4v) is 0.806. The van der Waals surface area contributed by atoms with Crippen LogP contribution in [0.1, 0.15) is 13.3 Å². The van der Waals surface area contributed by atoms with Crippen LogP contribution in [0.15, 0.2) is 30.3 Å². The molecule has 2 N–H and O–H groups in total. The molecular weight excluding hydrogens is 180 g/mol. The Hall–Kier alpha value is -1.57. The van der Waals surface area contributed by atoms with E-state index in [1.165, 1.54) is 0 Å². The first-order chi connectivity index (χ1) is 6.70. The summed E-state index contributed by atoms with van der Waals surface area (Å²) in [5.41, 5.74) is 0.677. The van der Waals surface area contributed by atoms with Crippen LogP contribution in [0, 0.1) is 11.3 Å². The first-order valence-corrected chi connectivity index (χ1v) is 4.33. The molecule has 0 heterocycles. The zero-order valence-electron chi connectivity index (χ0n) is 7.90. The molecule has 0 bridgehead atoms. The van der Waals surface area contributed by atoms with Crippen LogP contribution in [-0.2, 0) is 0 Å². The number of hydroxylamine groups is 1. The summed E-state index contributed by atoms with van der Waals surface area (Å²) in [5.74, 6) is 0.551. The summed E-state index contributed by atoms with van der Waals surface area (Å²) in [6.07, 6.45) is 0.246. The molecule has 0 aliphatic carbocycles. The maximum absolute atomic E-state index is 9.49. The average molecular weight is 192 g/mol. The molecule has 0 aliphatic rings. The number of para-hydroxylation sites is 1. The van der Waals surface area contributed by atoms with Gasteiger partial charge >= 0.3 is 0 Å². The van der Waals surface area contributed by atoms with Gasteiger partial charge in [-0.15, -0.1) is 5.48 Å². The summed E-state index contributed by atoms with van der Waals surface area (Å²) in [6.45, 7) is 1.69. The van der Waals surface area contributed by atoms with E-state index in [0.717, 1.165) is 0 Å². The number of benzene rings is 1. The molecule has 0 spiro atoms. The lowest BCUT2D eigenvalue weighted by Gasteiger charge is -2.19. The molecule has 4 nitrogen and oxygen atoms in total. The van der Waals surface area contributed by atoms with Gasteiger partial charge in [-0.25, -0.2) is 0 Å². The van der Waals surface area contributed by atoms with Gasteiger partial charge in [-0.3, -0.25) is 0 Å². The normalized spacial score (nSPS) is 14.1. The van der Waals surface area contributed by atoms with Crippen LogP contribution in [0.25, 0.3) is 0 Å². The Morgan fingerprint density at radius 1 is 1.50 bits per heavy atom. The van der Waals surface area contributed by atoms with Gasteiger partial charge in [0.25, 0.3) is 0 Å². The van der Waals surface area contributed by atoms with Crippen LogP contribution < -0.4 is 10.3 Å². The number of aliphatic hydroxyl groups is 1. The lowest BCUT2D eigenvalue weighted by atomic mass is 10.2. The topological polar surface area (TPSA) is 65.3 Å². The predicted octanol–water partition coefficient (Wildman–Crippen LogP) is 1.19. The van der Waals surface area contributed by atoms with Crippen molar-refractivity contribution in [1.29, 1.82) is 5.26 Å². The molecule has 0 aromatic heterocycles. The van der Waals surface area contributed by atoms with E-state index in [2.05, 4.69) is 5.48 Å². The summed E-state index contributed by atoms with van der Waals surface area (Å²) in [7, 11) is 0. The molecule has 1 rings (SSSR count). The minimum absolute atomic E-state index is 0.246. The van der Waals surface area contributed by atoms with E-state index >= 15 is 0 Å². The van der Waals surface area contributed by atoms with Gasteiger partial charge < -0.3 is 9.94 Å². The van der Waals surface area contributed by atoms with Crippen LogP contribution in [0.4, 0.5) is 0 Å². The molecular formula is C10H12N2O2. The lowest BCUT2D eigenvalue weighted by molar-refractivity contribution is -0.0379. The van der Waals surface area contributed by atoms with Crippen LogP contribution >= 0.6 is 0 Å². The number of rotatable bonds is 4. The molecule has 1 unspecified atom stereocenters. The minimum Gasteiger partial charge on any atom is -0.405 e. The number of nitriles is 1. The molecule has 0 saturated carbocycles. The van der Waals surface area contributed by atoms with Gasteiger partial charge in [0.1, 0.15) is 11.8 Å². The number of nitrogens with zero attached hydrogens (tertiary/aromatic N) is 1. The summed E-state index contributed by atoms with van der Waals surface area (Å²) < 4.78 is 0. The van der Waals surface area contributed by atoms with E-state index in [-0.39, 0.29) is 6.42 Å². The zero-order chi connectivity index (χ0) is 10.4. The van der Waals surface area contributed by atoms with E-state index in [1.807, 2.05) is 6.07 Å². The van der Waals surface area contributed by atoms with Crippen LogP contribution in [-0.4, -0.2) is 10.8 Å². The highest BCUT2D eigenvalue weighted by molar-refractivity contribution is 5.20. The third-order valence-electron chi connectivity index (χ3n) is 1.78. The lowest BCUT2D eigenvalue weighted by Crippen LogP contribution is -2.45. The second-order valence-electron chi connectivity index (χ2n) is 2.84. The molecule has 1 atom stereocenters. The molecule has 0 amide bonds. The Labute approximate surface area is 82.7 Å². The summed E-state index contributed by atoms with van der Waals surface area (Å²) in [6, 6.07) is 10.6. The van der Waals surface area contributed by atoms with Crippen molar-refractivity contribution >= 4 is 0 Å². The quantitative estimate of drug-likeness (QED) is 0.427. The maximum atomic E-state index is 9.49. The Bertz CT molecular complexity index is 321. The molecule has 0 saturated heterocycles. The number of hydrogen-bond acceptors (Lipinski definition) is 4. The minimum atomic E-state index is -1.63. The molecule has 0 fully saturated rings. The van der Waals surface area contributed by atoms with Crippen molar-refractivity contribution in [2.45, 2.75) is 19.1 Å². The third kappa shape index (κ3) is 2.73.